The molecule has 1 aromatic rings. The Morgan fingerprint density at radius 3 is 2.33 bits per heavy atom. The summed E-state index contributed by atoms with van der Waals surface area (Å²) in [7, 11) is 0. The molecule has 0 unspecified atom stereocenters. The molecular weight excluding hydrogens is 330 g/mol. The van der Waals surface area contributed by atoms with Crippen molar-refractivity contribution in [3.05, 3.63) is 17.4 Å². The van der Waals surface area contributed by atoms with E-state index in [9.17, 15) is 9.59 Å². The van der Waals surface area contributed by atoms with Crippen molar-refractivity contribution in [2.75, 3.05) is 0 Å². The number of rotatable bonds is 4. The molecule has 3 rings (SSSR count). The first kappa shape index (κ1) is 17.1. The quantitative estimate of drug-likeness (QED) is 0.901. The number of nitrogens with one attached hydrogen (secondary N) is 1. The summed E-state index contributed by atoms with van der Waals surface area (Å²) < 4.78 is 5.76. The first-order chi connectivity index (χ1) is 11.6. The molecule has 1 aromatic heterocycles. The Kier molecular flexibility index (Phi) is 5.66. The Hall–Kier alpha value is -1.69. The summed E-state index contributed by atoms with van der Waals surface area (Å²) in [4.78, 5) is 31.6. The lowest BCUT2D eigenvalue weighted by Crippen LogP contribution is -2.43. The monoisotopic (exact) mass is 351 g/mol. The van der Waals surface area contributed by atoms with Crippen LogP contribution in [0, 0.1) is 5.92 Å². The maximum Gasteiger partial charge on any atom is 0.316 e. The standard InChI is InChI=1S/C17H22ClN3O3/c18-12-9-19-17(20-10-12)24-15-7-3-13(4-8-15)21-16(23)11-1-5-14(22)6-2-11/h9-11,13,15H,1-8H2,(H,21,23). The second kappa shape index (κ2) is 7.92. The first-order valence-electron chi connectivity index (χ1n) is 8.56. The van der Waals surface area contributed by atoms with E-state index in [2.05, 4.69) is 15.3 Å². The van der Waals surface area contributed by atoms with Crippen molar-refractivity contribution in [2.45, 2.75) is 63.5 Å². The van der Waals surface area contributed by atoms with E-state index in [-0.39, 0.29) is 29.8 Å². The predicted octanol–water partition coefficient (Wildman–Crippen LogP) is 2.70. The van der Waals surface area contributed by atoms with E-state index in [1.165, 1.54) is 12.4 Å². The second-order valence-corrected chi connectivity index (χ2v) is 7.03. The van der Waals surface area contributed by atoms with E-state index in [1.54, 1.807) is 0 Å². The molecule has 0 aliphatic heterocycles. The molecule has 2 aliphatic carbocycles. The molecule has 1 N–H and O–H groups in total. The van der Waals surface area contributed by atoms with Gasteiger partial charge in [-0.2, -0.15) is 0 Å². The van der Waals surface area contributed by atoms with Crippen LogP contribution in [0.3, 0.4) is 0 Å². The molecule has 2 saturated carbocycles. The summed E-state index contributed by atoms with van der Waals surface area (Å²) in [6.07, 6.45) is 9.07. The van der Waals surface area contributed by atoms with Gasteiger partial charge in [0.2, 0.25) is 5.91 Å². The van der Waals surface area contributed by atoms with Crippen molar-refractivity contribution in [3.8, 4) is 6.01 Å². The van der Waals surface area contributed by atoms with E-state index >= 15 is 0 Å². The lowest BCUT2D eigenvalue weighted by atomic mass is 9.86. The lowest BCUT2D eigenvalue weighted by Gasteiger charge is -2.30. The van der Waals surface area contributed by atoms with Gasteiger partial charge >= 0.3 is 6.01 Å². The van der Waals surface area contributed by atoms with Crippen LogP contribution in [0.2, 0.25) is 5.02 Å². The Morgan fingerprint density at radius 2 is 1.71 bits per heavy atom. The highest BCUT2D eigenvalue weighted by Crippen LogP contribution is 2.25. The maximum atomic E-state index is 12.3. The minimum Gasteiger partial charge on any atom is -0.460 e. The van der Waals surface area contributed by atoms with Gasteiger partial charge in [-0.1, -0.05) is 11.6 Å². The third kappa shape index (κ3) is 4.66. The zero-order chi connectivity index (χ0) is 16.9. The molecule has 130 valence electrons. The summed E-state index contributed by atoms with van der Waals surface area (Å²) in [5.74, 6) is 0.383. The van der Waals surface area contributed by atoms with E-state index in [4.69, 9.17) is 16.3 Å². The smallest absolute Gasteiger partial charge is 0.316 e. The summed E-state index contributed by atoms with van der Waals surface area (Å²) in [6, 6.07) is 0.542. The Bertz CT molecular complexity index is 575. The molecule has 1 heterocycles. The number of carbonyl (C=O) groups excluding carboxylic acids is 2. The number of amides is 1. The number of ketones is 1. The van der Waals surface area contributed by atoms with Crippen molar-refractivity contribution in [1.29, 1.82) is 0 Å². The number of aromatic nitrogens is 2. The largest absolute Gasteiger partial charge is 0.460 e. The van der Waals surface area contributed by atoms with Crippen molar-refractivity contribution in [1.82, 2.24) is 15.3 Å². The van der Waals surface area contributed by atoms with Crippen LogP contribution in [0.25, 0.3) is 0 Å². The maximum absolute atomic E-state index is 12.3. The number of nitrogens with zero attached hydrogens (tertiary/aromatic N) is 2. The Balaban J connectivity index is 1.41. The molecule has 0 atom stereocenters. The van der Waals surface area contributed by atoms with Crippen LogP contribution in [0.4, 0.5) is 0 Å². The molecular formula is C17H22ClN3O3. The van der Waals surface area contributed by atoms with E-state index in [0.717, 1.165) is 25.7 Å². The number of hydrogen-bond acceptors (Lipinski definition) is 5. The SMILES string of the molecule is O=C1CCC(C(=O)NC2CCC(Oc3ncc(Cl)cn3)CC2)CC1. The molecule has 0 saturated heterocycles. The molecule has 0 aromatic carbocycles. The number of Topliss-reactive ketones (excluding diaryl/α,β-unsaturated/α-hetero) is 1. The number of halogens is 1. The van der Waals surface area contributed by atoms with Crippen LogP contribution in [0.5, 0.6) is 6.01 Å². The third-order valence-corrected chi connectivity index (χ3v) is 5.00. The van der Waals surface area contributed by atoms with E-state index in [0.29, 0.717) is 36.7 Å². The highest BCUT2D eigenvalue weighted by molar-refractivity contribution is 6.30. The zero-order valence-electron chi connectivity index (χ0n) is 13.5. The number of carbonyl (C=O) groups is 2. The summed E-state index contributed by atoms with van der Waals surface area (Å²) in [5.41, 5.74) is 0. The van der Waals surface area contributed by atoms with Gasteiger partial charge in [-0.05, 0) is 38.5 Å². The molecule has 24 heavy (non-hydrogen) atoms. The molecule has 0 spiro atoms. The lowest BCUT2D eigenvalue weighted by molar-refractivity contribution is -0.129. The average Bonchev–Trinajstić information content (AvgIpc) is 2.59. The molecule has 0 bridgehead atoms. The fourth-order valence-electron chi connectivity index (χ4n) is 3.36. The van der Waals surface area contributed by atoms with Crippen molar-refractivity contribution in [2.24, 2.45) is 5.92 Å². The van der Waals surface area contributed by atoms with Crippen LogP contribution >= 0.6 is 11.6 Å². The van der Waals surface area contributed by atoms with Crippen molar-refractivity contribution >= 4 is 23.3 Å². The minimum atomic E-state index is -0.000796. The van der Waals surface area contributed by atoms with Gasteiger partial charge in [-0.25, -0.2) is 9.97 Å². The Morgan fingerprint density at radius 1 is 1.08 bits per heavy atom. The average molecular weight is 352 g/mol. The number of hydrogen-bond donors (Lipinski definition) is 1. The first-order valence-corrected chi connectivity index (χ1v) is 8.94. The fourth-order valence-corrected chi connectivity index (χ4v) is 3.45. The predicted molar refractivity (Wildman–Crippen MR) is 88.8 cm³/mol. The van der Waals surface area contributed by atoms with Gasteiger partial charge in [0.15, 0.2) is 0 Å². The molecule has 7 heteroatoms. The van der Waals surface area contributed by atoms with Gasteiger partial charge in [0.25, 0.3) is 0 Å². The summed E-state index contributed by atoms with van der Waals surface area (Å²) >= 11 is 5.75. The molecule has 2 fully saturated rings. The topological polar surface area (TPSA) is 81.2 Å². The van der Waals surface area contributed by atoms with Gasteiger partial charge < -0.3 is 10.1 Å². The molecule has 1 amide bonds. The highest BCUT2D eigenvalue weighted by Gasteiger charge is 2.29. The van der Waals surface area contributed by atoms with Gasteiger partial charge in [0.1, 0.15) is 11.9 Å². The second-order valence-electron chi connectivity index (χ2n) is 6.60. The summed E-state index contributed by atoms with van der Waals surface area (Å²) in [5, 5.41) is 3.63. The Labute approximate surface area is 146 Å². The van der Waals surface area contributed by atoms with E-state index < -0.39 is 0 Å². The van der Waals surface area contributed by atoms with Crippen LogP contribution in [0.1, 0.15) is 51.4 Å². The molecule has 6 nitrogen and oxygen atoms in total. The van der Waals surface area contributed by atoms with Crippen molar-refractivity contribution in [3.63, 3.8) is 0 Å². The molecule has 2 aliphatic rings. The molecule has 0 radical (unpaired) electrons. The number of ether oxygens (including phenoxy) is 1. The van der Waals surface area contributed by atoms with Crippen LogP contribution in [0.15, 0.2) is 12.4 Å². The van der Waals surface area contributed by atoms with Gasteiger partial charge in [0.05, 0.1) is 17.4 Å². The van der Waals surface area contributed by atoms with Crippen LogP contribution in [-0.2, 0) is 9.59 Å². The van der Waals surface area contributed by atoms with Crippen LogP contribution in [-0.4, -0.2) is 33.8 Å². The normalized spacial score (nSPS) is 25.3. The third-order valence-electron chi connectivity index (χ3n) is 4.80. The minimum absolute atomic E-state index is 0.000796. The highest BCUT2D eigenvalue weighted by atomic mass is 35.5. The van der Waals surface area contributed by atoms with Gasteiger partial charge in [-0.15, -0.1) is 0 Å². The fraction of sp³-hybridized carbons (Fsp3) is 0.647. The zero-order valence-corrected chi connectivity index (χ0v) is 14.3. The van der Waals surface area contributed by atoms with Gasteiger partial charge in [-0.3, -0.25) is 9.59 Å². The van der Waals surface area contributed by atoms with Crippen molar-refractivity contribution < 1.29 is 14.3 Å². The van der Waals surface area contributed by atoms with E-state index in [1.807, 2.05) is 0 Å². The van der Waals surface area contributed by atoms with Crippen LogP contribution < -0.4 is 10.1 Å². The van der Waals surface area contributed by atoms with Gasteiger partial charge in [0, 0.05) is 24.8 Å². The summed E-state index contributed by atoms with van der Waals surface area (Å²) in [6.45, 7) is 0.